The van der Waals surface area contributed by atoms with Crippen molar-refractivity contribution in [3.63, 3.8) is 0 Å². The van der Waals surface area contributed by atoms with Crippen LogP contribution in [0.1, 0.15) is 143 Å². The number of aliphatic hydroxyl groups is 2. The van der Waals surface area contributed by atoms with Crippen LogP contribution in [-0.4, -0.2) is 97.6 Å². The van der Waals surface area contributed by atoms with Gasteiger partial charge in [-0.05, 0) is 196 Å². The molecule has 6 aliphatic rings. The summed E-state index contributed by atoms with van der Waals surface area (Å²) in [5.74, 6) is 6.91. The Bertz CT molecular complexity index is 5780. The lowest BCUT2D eigenvalue weighted by Gasteiger charge is -2.57. The topological polar surface area (TPSA) is 287 Å². The van der Waals surface area contributed by atoms with E-state index in [1.54, 1.807) is 99.9 Å². The van der Waals surface area contributed by atoms with E-state index in [2.05, 4.69) is 31.6 Å². The summed E-state index contributed by atoms with van der Waals surface area (Å²) in [5, 5.41) is 24.5. The van der Waals surface area contributed by atoms with E-state index in [-0.39, 0.29) is 51.2 Å². The molecule has 4 saturated carbocycles. The van der Waals surface area contributed by atoms with Crippen molar-refractivity contribution in [3.8, 4) is 44.6 Å². The van der Waals surface area contributed by atoms with E-state index in [4.69, 9.17) is 48.0 Å². The number of pyridine rings is 6. The molecule has 8 heterocycles. The molecule has 6 aromatic carbocycles. The molecular weight excluding hydrogens is 1490 g/mol. The summed E-state index contributed by atoms with van der Waals surface area (Å²) < 4.78 is 61.5. The van der Waals surface area contributed by atoms with Crippen molar-refractivity contribution >= 4 is 86.4 Å². The number of hydrogen-bond donors (Lipinski definition) is 5. The molecule has 19 nitrogen and oxygen atoms in total. The Morgan fingerprint density at radius 2 is 0.965 bits per heavy atom. The number of halogens is 5. The Hall–Kier alpha value is -10.4. The molecule has 6 aromatic heterocycles. The fourth-order valence-corrected chi connectivity index (χ4v) is 16.4. The molecule has 0 atom stereocenters. The molecule has 1 saturated heterocycles. The highest BCUT2D eigenvalue weighted by Gasteiger charge is 2.66. The first kappa shape index (κ1) is 80.2. The van der Waals surface area contributed by atoms with Gasteiger partial charge in [-0.2, -0.15) is 0 Å². The van der Waals surface area contributed by atoms with Gasteiger partial charge in [0.1, 0.15) is 33.4 Å². The van der Waals surface area contributed by atoms with Gasteiger partial charge >= 0.3 is 13.2 Å². The van der Waals surface area contributed by atoms with Crippen LogP contribution in [0.25, 0.3) is 77.3 Å². The van der Waals surface area contributed by atoms with Crippen LogP contribution < -0.4 is 28.4 Å². The second-order valence-electron chi connectivity index (χ2n) is 32.2. The average molecular weight is 1580 g/mol. The zero-order valence-electron chi connectivity index (χ0n) is 64.4. The average Bonchev–Trinajstić information content (AvgIpc) is 1.50. The number of nitrogens with two attached hydrogens (primary N) is 3. The van der Waals surface area contributed by atoms with Gasteiger partial charge < -0.3 is 30.0 Å². The van der Waals surface area contributed by atoms with Crippen LogP contribution in [0.3, 0.4) is 0 Å². The highest BCUT2D eigenvalue weighted by molar-refractivity contribution is 6.62. The second-order valence-corrected chi connectivity index (χ2v) is 32.9. The standard InChI is InChI=1S/C28H26FN3O.C27H30BNO5.C19H16ClFN2O3.C15H10ClFN2.H4N2/c1-17-22-14-23(21-4-2-3-5-24(21)29)26(32-25(22)12-13-31-17)18-6-8-19(9-7-18)27(30)15-28(33,16-27)20-10-11-20;1-24(2)25(3,4)34-28(33-24)19-13-11-17(12-14-19)26(15-27(32,16-26)18-9-10-18)29-22(30)20-7-5-6-8-21(20)23(29)31;1-19(2,3)26-18(25)23-15-8-9-22-16(20)13(15)10-12(17(23)24)11-6-4-5-7-14(11)21;1-9-11-8-12(10-4-2-3-5-13(10)17)15(16)19-14(11)6-7-18-9;1-2/h2-9,12-14,20,33H,10-11,15-16,30H2,1H3;5-8,11-14,18,32H,9-10,15-16H2,1-4H3;4-10H,1-3H3;2-8H,1H3;1-2H2. The normalized spacial score (nSPS) is 21.0. The van der Waals surface area contributed by atoms with E-state index in [9.17, 15) is 42.6 Å². The molecule has 0 radical (unpaired) electrons. The molecule has 5 fully saturated rings. The van der Waals surface area contributed by atoms with E-state index in [0.717, 1.165) is 96.9 Å². The Morgan fingerprint density at radius 1 is 0.535 bits per heavy atom. The largest absolute Gasteiger partial charge is 0.494 e. The first-order chi connectivity index (χ1) is 54.2. The third-order valence-electron chi connectivity index (χ3n) is 22.8. The molecule has 0 bridgehead atoms. The zero-order chi connectivity index (χ0) is 81.4. The number of carbonyl (C=O) groups excluding carboxylic acids is 3. The SMILES string of the molecule is CC(C)(C)OC(=O)n1c(=O)c(-c2ccccc2F)cc2c(Cl)nccc21.CC1(C)OB(c2ccc(C3(N4C(=O)c5ccccc5C4=O)CC(O)(C4CC4)C3)cc2)OC1(C)C.Cc1nccc2nc(-c3ccc(C4(N)CC(O)(C5CC5)C4)cc3)c(-c3ccccc3F)cc12.Cc1nccc2nc(Cl)c(-c3ccccc3F)cc12.NN. The lowest BCUT2D eigenvalue weighted by atomic mass is 9.58. The monoisotopic (exact) mass is 1580 g/mol. The summed E-state index contributed by atoms with van der Waals surface area (Å²) in [5.41, 5.74) is 12.6. The molecular formula is C89H86BCl2F3N10O9. The first-order valence-corrected chi connectivity index (χ1v) is 38.4. The minimum absolute atomic E-state index is 0.00337. The van der Waals surface area contributed by atoms with E-state index in [1.807, 2.05) is 114 Å². The molecule has 4 aliphatic carbocycles. The zero-order valence-corrected chi connectivity index (χ0v) is 66.0. The highest BCUT2D eigenvalue weighted by Crippen LogP contribution is 2.62. The van der Waals surface area contributed by atoms with Crippen LogP contribution >= 0.6 is 23.2 Å². The maximum Gasteiger partial charge on any atom is 0.494 e. The first-order valence-electron chi connectivity index (χ1n) is 37.7. The second kappa shape index (κ2) is 30.7. The highest BCUT2D eigenvalue weighted by atomic mass is 35.5. The molecule has 0 unspecified atom stereocenters. The number of hydrogen-bond acceptors (Lipinski definition) is 17. The summed E-state index contributed by atoms with van der Waals surface area (Å²) in [6.45, 7) is 17.0. The van der Waals surface area contributed by atoms with Crippen LogP contribution in [0, 0.1) is 43.1 Å². The van der Waals surface area contributed by atoms with E-state index in [0.29, 0.717) is 70.0 Å². The van der Waals surface area contributed by atoms with Crippen LogP contribution in [0.15, 0.2) is 205 Å². The van der Waals surface area contributed by atoms with Gasteiger partial charge in [0.25, 0.3) is 17.4 Å². The van der Waals surface area contributed by atoms with Crippen LogP contribution in [-0.2, 0) is 25.1 Å². The van der Waals surface area contributed by atoms with E-state index >= 15 is 0 Å². The third kappa shape index (κ3) is 15.2. The van der Waals surface area contributed by atoms with Gasteiger partial charge in [0.15, 0.2) is 0 Å². The molecule has 18 rings (SSSR count). The molecule has 2 aliphatic heterocycles. The maximum atomic E-state index is 14.8. The number of rotatable bonds is 10. The summed E-state index contributed by atoms with van der Waals surface area (Å²) in [7, 11) is -0.487. The molecule has 25 heteroatoms. The number of amides is 2. The van der Waals surface area contributed by atoms with E-state index < -0.39 is 63.7 Å². The summed E-state index contributed by atoms with van der Waals surface area (Å²) in [6.07, 6.45) is 10.1. The lowest BCUT2D eigenvalue weighted by molar-refractivity contribution is -0.143. The number of hydrazine groups is 1. The van der Waals surface area contributed by atoms with Gasteiger partial charge in [0.05, 0.1) is 66.9 Å². The molecule has 2 amide bonds. The van der Waals surface area contributed by atoms with Gasteiger partial charge in [0.2, 0.25) is 0 Å². The van der Waals surface area contributed by atoms with Crippen LogP contribution in [0.2, 0.25) is 10.3 Å². The van der Waals surface area contributed by atoms with E-state index in [1.165, 1.54) is 53.6 Å². The van der Waals surface area contributed by atoms with Crippen molar-refractivity contribution in [3.05, 3.63) is 272 Å². The molecule has 0 spiro atoms. The van der Waals surface area contributed by atoms with Gasteiger partial charge in [-0.3, -0.25) is 40.9 Å². The fourth-order valence-electron chi connectivity index (χ4n) is 16.0. The van der Waals surface area contributed by atoms with Crippen molar-refractivity contribution < 1.29 is 51.8 Å². The predicted molar refractivity (Wildman–Crippen MR) is 437 cm³/mol. The summed E-state index contributed by atoms with van der Waals surface area (Å²) >= 11 is 12.3. The minimum Gasteiger partial charge on any atom is -0.443 e. The maximum absolute atomic E-state index is 14.8. The number of nitrogens with zero attached hydrogens (tertiary/aromatic N) is 7. The number of carbonyl (C=O) groups is 3. The van der Waals surface area contributed by atoms with Gasteiger partial charge in [-0.1, -0.05) is 138 Å². The number of fused-ring (bicyclic) bond motifs is 4. The van der Waals surface area contributed by atoms with Crippen molar-refractivity contribution in [1.29, 1.82) is 0 Å². The Morgan fingerprint density at radius 3 is 1.46 bits per heavy atom. The van der Waals surface area contributed by atoms with Gasteiger partial charge in [0, 0.05) is 97.9 Å². The van der Waals surface area contributed by atoms with Crippen molar-refractivity contribution in [2.45, 2.75) is 153 Å². The van der Waals surface area contributed by atoms with Crippen molar-refractivity contribution in [1.82, 2.24) is 34.4 Å². The number of aromatic nitrogens is 6. The smallest absolute Gasteiger partial charge is 0.443 e. The summed E-state index contributed by atoms with van der Waals surface area (Å²) in [6, 6.07) is 52.4. The fraction of sp³-hybridized carbons (Fsp3) is 0.292. The van der Waals surface area contributed by atoms with Crippen molar-refractivity contribution in [2.75, 3.05) is 0 Å². The summed E-state index contributed by atoms with van der Waals surface area (Å²) in [4.78, 5) is 75.7. The van der Waals surface area contributed by atoms with Crippen molar-refractivity contribution in [2.24, 2.45) is 29.3 Å². The molecule has 114 heavy (non-hydrogen) atoms. The predicted octanol–water partition coefficient (Wildman–Crippen LogP) is 16.8. The van der Waals surface area contributed by atoms with Crippen LogP contribution in [0.5, 0.6) is 0 Å². The van der Waals surface area contributed by atoms with Crippen LogP contribution in [0.4, 0.5) is 18.0 Å². The third-order valence-corrected chi connectivity index (χ3v) is 23.4. The number of imide groups is 1. The Kier molecular flexibility index (Phi) is 21.6. The lowest BCUT2D eigenvalue weighted by Crippen LogP contribution is -2.65. The van der Waals surface area contributed by atoms with Gasteiger partial charge in [-0.25, -0.2) is 37.5 Å². The Balaban J connectivity index is 0.000000127. The number of ether oxygens (including phenoxy) is 1. The number of aryl methyl sites for hydroxylation is 2. The van der Waals surface area contributed by atoms with Gasteiger partial charge in [-0.15, -0.1) is 0 Å². The number of benzene rings is 6. The Labute approximate surface area is 667 Å². The minimum atomic E-state index is -0.868. The molecule has 12 aromatic rings. The molecule has 8 N–H and O–H groups in total. The quantitative estimate of drug-likeness (QED) is 0.0280. The molecule has 584 valence electrons.